The number of hydrazine groups is 1. The summed E-state index contributed by atoms with van der Waals surface area (Å²) in [4.78, 5) is 35.7. The first-order valence-corrected chi connectivity index (χ1v) is 5.49. The van der Waals surface area contributed by atoms with Crippen molar-refractivity contribution >= 4 is 39.2 Å². The van der Waals surface area contributed by atoms with Crippen molar-refractivity contribution < 1.29 is 14.4 Å². The van der Waals surface area contributed by atoms with E-state index >= 15 is 0 Å². The standard InChI is InChI=1S/C10H8BrN3O3/c11-5-2-1-3-6-8(5)9(16)10(17)14(6)4-7(15)13-12/h1-3H,4,12H2,(H,13,15). The monoisotopic (exact) mass is 297 g/mol. The Morgan fingerprint density at radius 2 is 2.12 bits per heavy atom. The SMILES string of the molecule is NNC(=O)CN1C(=O)C(=O)c2c(Br)cccc21. The summed E-state index contributed by atoms with van der Waals surface area (Å²) in [5.41, 5.74) is 2.61. The van der Waals surface area contributed by atoms with Gasteiger partial charge in [0, 0.05) is 4.47 Å². The van der Waals surface area contributed by atoms with E-state index in [0.29, 0.717) is 10.2 Å². The molecule has 0 atom stereocenters. The fourth-order valence-electron chi connectivity index (χ4n) is 1.65. The molecule has 2 amide bonds. The van der Waals surface area contributed by atoms with Crippen LogP contribution in [0.5, 0.6) is 0 Å². The minimum atomic E-state index is -0.726. The van der Waals surface area contributed by atoms with Gasteiger partial charge in [0.2, 0.25) is 0 Å². The van der Waals surface area contributed by atoms with Gasteiger partial charge in [0.15, 0.2) is 0 Å². The molecule has 1 aromatic carbocycles. The van der Waals surface area contributed by atoms with E-state index in [9.17, 15) is 14.4 Å². The van der Waals surface area contributed by atoms with Crippen LogP contribution in [-0.2, 0) is 9.59 Å². The number of hydrogen-bond acceptors (Lipinski definition) is 4. The molecule has 0 spiro atoms. The fourth-order valence-corrected chi connectivity index (χ4v) is 2.18. The molecule has 2 rings (SSSR count). The van der Waals surface area contributed by atoms with Crippen LogP contribution in [0.15, 0.2) is 22.7 Å². The predicted octanol–water partition coefficient (Wildman–Crippen LogP) is -0.0317. The number of carbonyl (C=O) groups excluding carboxylic acids is 3. The van der Waals surface area contributed by atoms with Gasteiger partial charge in [-0.15, -0.1) is 0 Å². The highest BCUT2D eigenvalue weighted by Crippen LogP contribution is 2.33. The summed E-state index contributed by atoms with van der Waals surface area (Å²) >= 11 is 3.20. The van der Waals surface area contributed by atoms with E-state index in [0.717, 1.165) is 4.90 Å². The molecule has 7 heteroatoms. The molecule has 0 bridgehead atoms. The summed E-state index contributed by atoms with van der Waals surface area (Å²) in [6, 6.07) is 4.95. The largest absolute Gasteiger partial charge is 0.300 e. The van der Waals surface area contributed by atoms with Crippen LogP contribution in [0.2, 0.25) is 0 Å². The molecule has 0 saturated heterocycles. The molecule has 0 fully saturated rings. The Morgan fingerprint density at radius 3 is 2.76 bits per heavy atom. The highest BCUT2D eigenvalue weighted by Gasteiger charge is 2.37. The summed E-state index contributed by atoms with van der Waals surface area (Å²) in [6.07, 6.45) is 0. The first-order valence-electron chi connectivity index (χ1n) is 4.70. The second kappa shape index (κ2) is 4.27. The van der Waals surface area contributed by atoms with Crippen LogP contribution >= 0.6 is 15.9 Å². The predicted molar refractivity (Wildman–Crippen MR) is 63.2 cm³/mol. The highest BCUT2D eigenvalue weighted by molar-refractivity contribution is 9.10. The zero-order chi connectivity index (χ0) is 12.6. The number of hydrogen-bond donors (Lipinski definition) is 2. The first kappa shape index (κ1) is 11.7. The molecular weight excluding hydrogens is 290 g/mol. The maximum absolute atomic E-state index is 11.7. The number of amides is 2. The molecule has 0 unspecified atom stereocenters. The first-order chi connectivity index (χ1) is 8.06. The van der Waals surface area contributed by atoms with Crippen molar-refractivity contribution in [2.24, 2.45) is 5.84 Å². The molecule has 0 radical (unpaired) electrons. The lowest BCUT2D eigenvalue weighted by molar-refractivity contribution is -0.122. The van der Waals surface area contributed by atoms with E-state index in [1.54, 1.807) is 18.2 Å². The van der Waals surface area contributed by atoms with Crippen LogP contribution in [0.3, 0.4) is 0 Å². The minimum absolute atomic E-state index is 0.273. The normalized spacial score (nSPS) is 13.9. The maximum Gasteiger partial charge on any atom is 0.300 e. The average Bonchev–Trinajstić information content (AvgIpc) is 2.55. The van der Waals surface area contributed by atoms with Crippen LogP contribution in [-0.4, -0.2) is 24.1 Å². The van der Waals surface area contributed by atoms with Gasteiger partial charge in [0.05, 0.1) is 11.3 Å². The summed E-state index contributed by atoms with van der Waals surface area (Å²) in [5.74, 6) is 3.05. The van der Waals surface area contributed by atoms with Crippen LogP contribution in [0.4, 0.5) is 5.69 Å². The minimum Gasteiger partial charge on any atom is -0.295 e. The molecule has 0 aromatic heterocycles. The summed E-state index contributed by atoms with van der Waals surface area (Å²) < 4.78 is 0.531. The van der Waals surface area contributed by atoms with Crippen molar-refractivity contribution in [3.05, 3.63) is 28.2 Å². The Balaban J connectivity index is 2.45. The van der Waals surface area contributed by atoms with Crippen molar-refractivity contribution in [3.63, 3.8) is 0 Å². The van der Waals surface area contributed by atoms with Crippen molar-refractivity contribution in [2.45, 2.75) is 0 Å². The molecule has 88 valence electrons. The number of anilines is 1. The van der Waals surface area contributed by atoms with Gasteiger partial charge in [0.25, 0.3) is 17.6 Å². The van der Waals surface area contributed by atoms with Crippen molar-refractivity contribution in [1.82, 2.24) is 5.43 Å². The number of Topliss-reactive ketones (excluding diaryl/α,β-unsaturated/α-hetero) is 1. The summed E-state index contributed by atoms with van der Waals surface area (Å²) in [7, 11) is 0. The number of ketones is 1. The molecule has 1 aliphatic rings. The molecule has 3 N–H and O–H groups in total. The van der Waals surface area contributed by atoms with Crippen LogP contribution in [0.1, 0.15) is 10.4 Å². The Kier molecular flexibility index (Phi) is 2.95. The quantitative estimate of drug-likeness (QED) is 0.347. The van der Waals surface area contributed by atoms with Gasteiger partial charge in [0.1, 0.15) is 6.54 Å². The van der Waals surface area contributed by atoms with Gasteiger partial charge < -0.3 is 0 Å². The lowest BCUT2D eigenvalue weighted by atomic mass is 10.1. The van der Waals surface area contributed by atoms with Crippen molar-refractivity contribution in [1.29, 1.82) is 0 Å². The lowest BCUT2D eigenvalue weighted by Gasteiger charge is -2.14. The van der Waals surface area contributed by atoms with Crippen molar-refractivity contribution in [3.8, 4) is 0 Å². The van der Waals surface area contributed by atoms with Gasteiger partial charge in [-0.1, -0.05) is 6.07 Å². The smallest absolute Gasteiger partial charge is 0.295 e. The van der Waals surface area contributed by atoms with E-state index in [1.165, 1.54) is 0 Å². The number of nitrogens with one attached hydrogen (secondary N) is 1. The maximum atomic E-state index is 11.7. The van der Waals surface area contributed by atoms with E-state index in [4.69, 9.17) is 5.84 Å². The van der Waals surface area contributed by atoms with E-state index in [2.05, 4.69) is 15.9 Å². The number of fused-ring (bicyclic) bond motifs is 1. The Labute approximate surface area is 105 Å². The van der Waals surface area contributed by atoms with Crippen LogP contribution in [0.25, 0.3) is 0 Å². The Morgan fingerprint density at radius 1 is 1.41 bits per heavy atom. The second-order valence-electron chi connectivity index (χ2n) is 3.42. The van der Waals surface area contributed by atoms with Gasteiger partial charge >= 0.3 is 0 Å². The number of nitrogens with zero attached hydrogens (tertiary/aromatic N) is 1. The third-order valence-electron chi connectivity index (χ3n) is 2.41. The molecule has 6 nitrogen and oxygen atoms in total. The second-order valence-corrected chi connectivity index (χ2v) is 4.28. The molecule has 17 heavy (non-hydrogen) atoms. The number of benzene rings is 1. The van der Waals surface area contributed by atoms with Gasteiger partial charge in [-0.25, -0.2) is 5.84 Å². The molecule has 1 heterocycles. The Hall–Kier alpha value is -1.73. The molecule has 1 aromatic rings. The van der Waals surface area contributed by atoms with Crippen LogP contribution in [0, 0.1) is 0 Å². The van der Waals surface area contributed by atoms with E-state index in [1.807, 2.05) is 5.43 Å². The van der Waals surface area contributed by atoms with Gasteiger partial charge in [-0.05, 0) is 28.1 Å². The number of halogens is 1. The molecule has 0 saturated carbocycles. The molecule has 0 aliphatic carbocycles. The third-order valence-corrected chi connectivity index (χ3v) is 3.07. The van der Waals surface area contributed by atoms with Gasteiger partial charge in [-0.3, -0.25) is 24.7 Å². The number of nitrogens with two attached hydrogens (primary N) is 1. The van der Waals surface area contributed by atoms with E-state index < -0.39 is 17.6 Å². The zero-order valence-corrected chi connectivity index (χ0v) is 10.2. The van der Waals surface area contributed by atoms with E-state index in [-0.39, 0.29) is 12.1 Å². The summed E-state index contributed by atoms with van der Waals surface area (Å²) in [6.45, 7) is -0.273. The van der Waals surface area contributed by atoms with Crippen molar-refractivity contribution in [2.75, 3.05) is 11.4 Å². The fraction of sp³-hybridized carbons (Fsp3) is 0.100. The van der Waals surface area contributed by atoms with Crippen LogP contribution < -0.4 is 16.2 Å². The topological polar surface area (TPSA) is 92.5 Å². The highest BCUT2D eigenvalue weighted by atomic mass is 79.9. The van der Waals surface area contributed by atoms with Gasteiger partial charge in [-0.2, -0.15) is 0 Å². The number of rotatable bonds is 2. The number of carbonyl (C=O) groups is 3. The third kappa shape index (κ3) is 1.83. The summed E-state index contributed by atoms with van der Waals surface area (Å²) in [5, 5.41) is 0. The zero-order valence-electron chi connectivity index (χ0n) is 8.57. The lowest BCUT2D eigenvalue weighted by Crippen LogP contribution is -2.42. The average molecular weight is 298 g/mol. The Bertz CT molecular complexity index is 530. The molecular formula is C10H8BrN3O3. The molecule has 1 aliphatic heterocycles.